The fourth-order valence-electron chi connectivity index (χ4n) is 0.907. The third-order valence-corrected chi connectivity index (χ3v) is 2.50. The Morgan fingerprint density at radius 2 is 2.00 bits per heavy atom. The van der Waals surface area contributed by atoms with Gasteiger partial charge in [-0.1, -0.05) is 13.8 Å². The number of likely N-dealkylation sites (N-methyl/N-ethyl adjacent to an activating group) is 1. The van der Waals surface area contributed by atoms with E-state index in [0.29, 0.717) is 0 Å². The normalized spacial score (nSPS) is 10.9. The van der Waals surface area contributed by atoms with Gasteiger partial charge < -0.3 is 10.0 Å². The van der Waals surface area contributed by atoms with Crippen molar-refractivity contribution in [3.63, 3.8) is 0 Å². The monoisotopic (exact) mass is 177 g/mol. The molecule has 0 radical (unpaired) electrons. The first-order chi connectivity index (χ1) is 5.35. The Morgan fingerprint density at radius 3 is 2.45 bits per heavy atom. The highest BCUT2D eigenvalue weighted by Gasteiger charge is 1.98. The Kier molecular flexibility index (Phi) is 8.57. The first-order valence-electron chi connectivity index (χ1n) is 4.26. The van der Waals surface area contributed by atoms with Crippen LogP contribution in [0.4, 0.5) is 0 Å². The standard InChI is InChI=1S/C8H19NOS/c1-3-9(5-7-10)6-8-11-4-2/h10H,3-8H2,1-2H3. The molecule has 11 heavy (non-hydrogen) atoms. The first-order valence-corrected chi connectivity index (χ1v) is 5.41. The molecule has 0 aromatic heterocycles. The maximum absolute atomic E-state index is 8.68. The molecule has 0 saturated heterocycles. The molecule has 0 fully saturated rings. The molecule has 0 aliphatic carbocycles. The molecule has 0 bridgehead atoms. The molecule has 0 amide bonds. The molecular weight excluding hydrogens is 158 g/mol. The average molecular weight is 177 g/mol. The Morgan fingerprint density at radius 1 is 1.27 bits per heavy atom. The van der Waals surface area contributed by atoms with Gasteiger partial charge in [-0.25, -0.2) is 0 Å². The van der Waals surface area contributed by atoms with E-state index in [-0.39, 0.29) is 6.61 Å². The molecule has 0 aromatic carbocycles. The smallest absolute Gasteiger partial charge is 0.0558 e. The third kappa shape index (κ3) is 6.66. The number of aliphatic hydroxyl groups excluding tert-OH is 1. The number of thioether (sulfide) groups is 1. The molecule has 0 rings (SSSR count). The van der Waals surface area contributed by atoms with Crippen LogP contribution in [0.1, 0.15) is 13.8 Å². The van der Waals surface area contributed by atoms with Crippen molar-refractivity contribution < 1.29 is 5.11 Å². The van der Waals surface area contributed by atoms with Crippen LogP contribution in [0.25, 0.3) is 0 Å². The van der Waals surface area contributed by atoms with Crippen LogP contribution in [0.5, 0.6) is 0 Å². The first kappa shape index (κ1) is 11.3. The van der Waals surface area contributed by atoms with Crippen molar-refractivity contribution in [3.05, 3.63) is 0 Å². The summed E-state index contributed by atoms with van der Waals surface area (Å²) in [6, 6.07) is 0. The van der Waals surface area contributed by atoms with Crippen LogP contribution in [0.2, 0.25) is 0 Å². The maximum Gasteiger partial charge on any atom is 0.0558 e. The fourth-order valence-corrected chi connectivity index (χ4v) is 1.58. The van der Waals surface area contributed by atoms with Gasteiger partial charge in [-0.05, 0) is 12.3 Å². The SMILES string of the molecule is CCSCCN(CC)CCO. The molecule has 68 valence electrons. The number of hydrogen-bond donors (Lipinski definition) is 1. The fraction of sp³-hybridized carbons (Fsp3) is 1.00. The summed E-state index contributed by atoms with van der Waals surface area (Å²) in [6.07, 6.45) is 0. The van der Waals surface area contributed by atoms with Crippen molar-refractivity contribution >= 4 is 11.8 Å². The molecular formula is C8H19NOS. The predicted octanol–water partition coefficient (Wildman–Crippen LogP) is 1.05. The van der Waals surface area contributed by atoms with Crippen LogP contribution in [-0.2, 0) is 0 Å². The van der Waals surface area contributed by atoms with Gasteiger partial charge in [0.05, 0.1) is 6.61 Å². The number of nitrogens with zero attached hydrogens (tertiary/aromatic N) is 1. The molecule has 1 N–H and O–H groups in total. The van der Waals surface area contributed by atoms with Crippen molar-refractivity contribution in [2.45, 2.75) is 13.8 Å². The summed E-state index contributed by atoms with van der Waals surface area (Å²) >= 11 is 1.95. The van der Waals surface area contributed by atoms with Gasteiger partial charge in [0.1, 0.15) is 0 Å². The molecule has 0 aliphatic rings. The second kappa shape index (κ2) is 8.37. The predicted molar refractivity (Wildman–Crippen MR) is 52.2 cm³/mol. The van der Waals surface area contributed by atoms with Crippen LogP contribution in [0.3, 0.4) is 0 Å². The van der Waals surface area contributed by atoms with E-state index in [1.54, 1.807) is 0 Å². The summed E-state index contributed by atoms with van der Waals surface area (Å²) in [7, 11) is 0. The molecule has 0 spiro atoms. The highest BCUT2D eigenvalue weighted by molar-refractivity contribution is 7.99. The minimum absolute atomic E-state index is 0.282. The van der Waals surface area contributed by atoms with Crippen molar-refractivity contribution in [2.75, 3.05) is 37.7 Å². The van der Waals surface area contributed by atoms with E-state index in [2.05, 4.69) is 18.7 Å². The lowest BCUT2D eigenvalue weighted by Crippen LogP contribution is -2.28. The quantitative estimate of drug-likeness (QED) is 0.588. The summed E-state index contributed by atoms with van der Waals surface area (Å²) in [5.74, 6) is 2.38. The van der Waals surface area contributed by atoms with E-state index in [1.165, 1.54) is 11.5 Å². The summed E-state index contributed by atoms with van der Waals surface area (Å²) < 4.78 is 0. The second-order valence-electron chi connectivity index (χ2n) is 2.35. The summed E-state index contributed by atoms with van der Waals surface area (Å²) in [5.41, 5.74) is 0. The zero-order chi connectivity index (χ0) is 8.53. The maximum atomic E-state index is 8.68. The van der Waals surface area contributed by atoms with Gasteiger partial charge in [0.2, 0.25) is 0 Å². The van der Waals surface area contributed by atoms with E-state index in [4.69, 9.17) is 5.11 Å². The largest absolute Gasteiger partial charge is 0.395 e. The molecule has 0 atom stereocenters. The van der Waals surface area contributed by atoms with Gasteiger partial charge in [0, 0.05) is 18.8 Å². The summed E-state index contributed by atoms with van der Waals surface area (Å²) in [4.78, 5) is 2.27. The second-order valence-corrected chi connectivity index (χ2v) is 3.75. The van der Waals surface area contributed by atoms with Gasteiger partial charge in [-0.3, -0.25) is 0 Å². The Balaban J connectivity index is 3.20. The van der Waals surface area contributed by atoms with E-state index in [0.717, 1.165) is 19.6 Å². The van der Waals surface area contributed by atoms with E-state index >= 15 is 0 Å². The Bertz CT molecular complexity index is 80.5. The topological polar surface area (TPSA) is 23.5 Å². The zero-order valence-corrected chi connectivity index (χ0v) is 8.36. The van der Waals surface area contributed by atoms with E-state index < -0.39 is 0 Å². The van der Waals surface area contributed by atoms with Gasteiger partial charge in [-0.2, -0.15) is 11.8 Å². The molecule has 0 aliphatic heterocycles. The Hall–Kier alpha value is 0.270. The molecule has 2 nitrogen and oxygen atoms in total. The van der Waals surface area contributed by atoms with Crippen molar-refractivity contribution in [1.82, 2.24) is 4.90 Å². The minimum Gasteiger partial charge on any atom is -0.395 e. The van der Waals surface area contributed by atoms with Gasteiger partial charge >= 0.3 is 0 Å². The van der Waals surface area contributed by atoms with Gasteiger partial charge in [0.15, 0.2) is 0 Å². The van der Waals surface area contributed by atoms with Crippen LogP contribution in [0.15, 0.2) is 0 Å². The summed E-state index contributed by atoms with van der Waals surface area (Å²) in [5, 5.41) is 8.68. The number of rotatable bonds is 7. The lowest BCUT2D eigenvalue weighted by atomic mass is 10.5. The molecule has 0 saturated carbocycles. The molecule has 0 unspecified atom stereocenters. The molecule has 0 heterocycles. The van der Waals surface area contributed by atoms with E-state index in [9.17, 15) is 0 Å². The minimum atomic E-state index is 0.282. The highest BCUT2D eigenvalue weighted by Crippen LogP contribution is 1.99. The lowest BCUT2D eigenvalue weighted by molar-refractivity contribution is 0.209. The zero-order valence-electron chi connectivity index (χ0n) is 7.55. The lowest BCUT2D eigenvalue weighted by Gasteiger charge is -2.18. The molecule has 0 aromatic rings. The third-order valence-electron chi connectivity index (χ3n) is 1.62. The highest BCUT2D eigenvalue weighted by atomic mass is 32.2. The Labute approximate surface area is 74.0 Å². The van der Waals surface area contributed by atoms with Crippen molar-refractivity contribution in [3.8, 4) is 0 Å². The van der Waals surface area contributed by atoms with E-state index in [1.807, 2.05) is 11.8 Å². The van der Waals surface area contributed by atoms with Crippen LogP contribution >= 0.6 is 11.8 Å². The van der Waals surface area contributed by atoms with Crippen LogP contribution in [-0.4, -0.2) is 47.8 Å². The molecule has 3 heteroatoms. The summed E-state index contributed by atoms with van der Waals surface area (Å²) in [6.45, 7) is 7.56. The van der Waals surface area contributed by atoms with Crippen molar-refractivity contribution in [2.24, 2.45) is 0 Å². The van der Waals surface area contributed by atoms with Crippen LogP contribution < -0.4 is 0 Å². The average Bonchev–Trinajstić information content (AvgIpc) is 2.03. The van der Waals surface area contributed by atoms with Crippen LogP contribution in [0, 0.1) is 0 Å². The number of hydrogen-bond acceptors (Lipinski definition) is 3. The van der Waals surface area contributed by atoms with Gasteiger partial charge in [-0.15, -0.1) is 0 Å². The van der Waals surface area contributed by atoms with Crippen molar-refractivity contribution in [1.29, 1.82) is 0 Å². The number of aliphatic hydroxyl groups is 1. The van der Waals surface area contributed by atoms with Gasteiger partial charge in [0.25, 0.3) is 0 Å².